The fourth-order valence-corrected chi connectivity index (χ4v) is 3.36. The van der Waals surface area contributed by atoms with Gasteiger partial charge in [0.2, 0.25) is 0 Å². The fourth-order valence-electron chi connectivity index (χ4n) is 3.36. The van der Waals surface area contributed by atoms with E-state index in [0.29, 0.717) is 12.1 Å². The van der Waals surface area contributed by atoms with Gasteiger partial charge in [0, 0.05) is 12.5 Å². The van der Waals surface area contributed by atoms with E-state index < -0.39 is 18.1 Å². The molecule has 0 radical (unpaired) electrons. The van der Waals surface area contributed by atoms with Crippen molar-refractivity contribution in [2.24, 2.45) is 0 Å². The summed E-state index contributed by atoms with van der Waals surface area (Å²) in [5.74, 6) is -0.422. The molecule has 1 aliphatic rings. The van der Waals surface area contributed by atoms with Gasteiger partial charge in [-0.15, -0.1) is 0 Å². The Labute approximate surface area is 150 Å². The lowest BCUT2D eigenvalue weighted by atomic mass is 10.1. The molecule has 3 N–H and O–H groups in total. The van der Waals surface area contributed by atoms with Crippen molar-refractivity contribution in [3.63, 3.8) is 0 Å². The van der Waals surface area contributed by atoms with Gasteiger partial charge in [0.15, 0.2) is 0 Å². The summed E-state index contributed by atoms with van der Waals surface area (Å²) in [6.07, 6.45) is -0.176. The molecule has 1 amide bonds. The third-order valence-corrected chi connectivity index (χ3v) is 4.75. The molecule has 0 spiro atoms. The molecular formula is C20H19N3O3. The average molecular weight is 349 g/mol. The minimum Gasteiger partial charge on any atom is -0.390 e. The number of carbonyl (C=O) groups excluding carboxylic acids is 1. The number of fused-ring (bicyclic) bond motifs is 1. The third-order valence-electron chi connectivity index (χ3n) is 4.75. The van der Waals surface area contributed by atoms with Crippen LogP contribution in [0.25, 0.3) is 5.69 Å². The molecule has 0 saturated carbocycles. The molecule has 132 valence electrons. The molecule has 0 aliphatic heterocycles. The number of rotatable bonds is 3. The van der Waals surface area contributed by atoms with E-state index in [0.717, 1.165) is 16.7 Å². The van der Waals surface area contributed by atoms with Crippen molar-refractivity contribution < 1.29 is 9.90 Å². The number of nitrogens with one attached hydrogen (secondary N) is 2. The van der Waals surface area contributed by atoms with Gasteiger partial charge in [-0.25, -0.2) is 4.68 Å². The van der Waals surface area contributed by atoms with Crippen LogP contribution in [0.15, 0.2) is 59.4 Å². The number of H-pyrrole nitrogens is 1. The minimum absolute atomic E-state index is 0.159. The highest BCUT2D eigenvalue weighted by atomic mass is 16.3. The number of aryl methyl sites for hydroxylation is 1. The summed E-state index contributed by atoms with van der Waals surface area (Å²) < 4.78 is 1.33. The monoisotopic (exact) mass is 349 g/mol. The summed E-state index contributed by atoms with van der Waals surface area (Å²) in [5, 5.41) is 15.9. The molecule has 6 heteroatoms. The molecule has 26 heavy (non-hydrogen) atoms. The van der Waals surface area contributed by atoms with Crippen molar-refractivity contribution >= 4 is 5.91 Å². The quantitative estimate of drug-likeness (QED) is 0.674. The molecule has 2 aromatic carbocycles. The second kappa shape index (κ2) is 6.31. The molecule has 2 atom stereocenters. The number of hydrogen-bond acceptors (Lipinski definition) is 3. The normalized spacial score (nSPS) is 18.5. The van der Waals surface area contributed by atoms with Crippen LogP contribution >= 0.6 is 0 Å². The zero-order valence-corrected chi connectivity index (χ0v) is 14.3. The Morgan fingerprint density at radius 1 is 1.19 bits per heavy atom. The molecular weight excluding hydrogens is 330 g/mol. The summed E-state index contributed by atoms with van der Waals surface area (Å²) in [7, 11) is 0. The Kier molecular flexibility index (Phi) is 3.97. The topological polar surface area (TPSA) is 87.1 Å². The number of nitrogens with zero attached hydrogens (tertiary/aromatic N) is 1. The predicted molar refractivity (Wildman–Crippen MR) is 97.5 cm³/mol. The molecule has 0 saturated heterocycles. The zero-order chi connectivity index (χ0) is 18.3. The van der Waals surface area contributed by atoms with Gasteiger partial charge in [0.05, 0.1) is 17.8 Å². The van der Waals surface area contributed by atoms with E-state index in [9.17, 15) is 14.7 Å². The first-order valence-corrected chi connectivity index (χ1v) is 8.49. The van der Waals surface area contributed by atoms with Crippen molar-refractivity contribution in [2.45, 2.75) is 25.5 Å². The molecule has 0 fully saturated rings. The number of hydrogen-bond donors (Lipinski definition) is 3. The lowest BCUT2D eigenvalue weighted by Gasteiger charge is -2.17. The Bertz CT molecular complexity index is 1020. The number of aromatic nitrogens is 2. The molecule has 4 rings (SSSR count). The summed E-state index contributed by atoms with van der Waals surface area (Å²) in [5.41, 5.74) is 3.52. The van der Waals surface area contributed by atoms with E-state index in [1.54, 1.807) is 0 Å². The minimum atomic E-state index is -0.678. The van der Waals surface area contributed by atoms with Gasteiger partial charge in [-0.2, -0.15) is 0 Å². The van der Waals surface area contributed by atoms with E-state index in [-0.39, 0.29) is 11.3 Å². The lowest BCUT2D eigenvalue weighted by Crippen LogP contribution is -2.34. The van der Waals surface area contributed by atoms with Crippen LogP contribution in [-0.2, 0) is 6.42 Å². The Hall–Kier alpha value is -3.12. The maximum atomic E-state index is 12.6. The zero-order valence-electron chi connectivity index (χ0n) is 14.3. The molecule has 0 bridgehead atoms. The summed E-state index contributed by atoms with van der Waals surface area (Å²) in [6.45, 7) is 1.96. The van der Waals surface area contributed by atoms with Gasteiger partial charge in [0.25, 0.3) is 11.5 Å². The highest BCUT2D eigenvalue weighted by Crippen LogP contribution is 2.31. The first kappa shape index (κ1) is 16.4. The van der Waals surface area contributed by atoms with Gasteiger partial charge in [-0.1, -0.05) is 42.0 Å². The Morgan fingerprint density at radius 3 is 2.69 bits per heavy atom. The maximum absolute atomic E-state index is 12.6. The van der Waals surface area contributed by atoms with Gasteiger partial charge < -0.3 is 10.4 Å². The highest BCUT2D eigenvalue weighted by molar-refractivity contribution is 5.92. The van der Waals surface area contributed by atoms with E-state index in [4.69, 9.17) is 0 Å². The van der Waals surface area contributed by atoms with Gasteiger partial charge in [0.1, 0.15) is 5.69 Å². The van der Waals surface area contributed by atoms with Crippen LogP contribution < -0.4 is 10.9 Å². The summed E-state index contributed by atoms with van der Waals surface area (Å²) in [6, 6.07) is 15.8. The number of aliphatic hydroxyl groups excluding tert-OH is 1. The Morgan fingerprint density at radius 2 is 1.92 bits per heavy atom. The smallest absolute Gasteiger partial charge is 0.271 e. The highest BCUT2D eigenvalue weighted by Gasteiger charge is 2.32. The van der Waals surface area contributed by atoms with E-state index in [1.165, 1.54) is 10.7 Å². The van der Waals surface area contributed by atoms with Crippen LogP contribution in [0.2, 0.25) is 0 Å². The molecule has 1 aliphatic carbocycles. The third kappa shape index (κ3) is 2.84. The van der Waals surface area contributed by atoms with Crippen molar-refractivity contribution in [2.75, 3.05) is 0 Å². The number of aromatic amines is 1. The largest absolute Gasteiger partial charge is 0.390 e. The van der Waals surface area contributed by atoms with Gasteiger partial charge >= 0.3 is 0 Å². The first-order valence-electron chi connectivity index (χ1n) is 8.49. The molecule has 2 unspecified atom stereocenters. The molecule has 1 heterocycles. The van der Waals surface area contributed by atoms with Gasteiger partial charge in [-0.3, -0.25) is 14.7 Å². The van der Waals surface area contributed by atoms with Crippen molar-refractivity contribution in [1.82, 2.24) is 15.1 Å². The predicted octanol–water partition coefficient (Wildman–Crippen LogP) is 1.86. The van der Waals surface area contributed by atoms with Crippen LogP contribution in [0, 0.1) is 6.92 Å². The van der Waals surface area contributed by atoms with Crippen molar-refractivity contribution in [1.29, 1.82) is 0 Å². The second-order valence-electron chi connectivity index (χ2n) is 6.60. The number of benzene rings is 2. The van der Waals surface area contributed by atoms with Crippen LogP contribution in [0.4, 0.5) is 0 Å². The average Bonchev–Trinajstić information content (AvgIpc) is 3.16. The van der Waals surface area contributed by atoms with E-state index >= 15 is 0 Å². The maximum Gasteiger partial charge on any atom is 0.271 e. The molecule has 6 nitrogen and oxygen atoms in total. The number of amides is 1. The number of carbonyl (C=O) groups is 1. The van der Waals surface area contributed by atoms with Crippen molar-refractivity contribution in [3.05, 3.63) is 87.3 Å². The van der Waals surface area contributed by atoms with Crippen LogP contribution in [0.1, 0.15) is 33.2 Å². The van der Waals surface area contributed by atoms with Crippen molar-refractivity contribution in [3.8, 4) is 5.69 Å². The lowest BCUT2D eigenvalue weighted by molar-refractivity contribution is 0.0853. The van der Waals surface area contributed by atoms with E-state index in [2.05, 4.69) is 10.4 Å². The fraction of sp³-hybridized carbons (Fsp3) is 0.200. The van der Waals surface area contributed by atoms with E-state index in [1.807, 2.05) is 55.5 Å². The summed E-state index contributed by atoms with van der Waals surface area (Å²) in [4.78, 5) is 24.8. The Balaban J connectivity index is 1.59. The molecule has 1 aromatic heterocycles. The van der Waals surface area contributed by atoms with Crippen LogP contribution in [0.5, 0.6) is 0 Å². The first-order chi connectivity index (χ1) is 12.5. The summed E-state index contributed by atoms with van der Waals surface area (Å²) >= 11 is 0. The molecule has 3 aromatic rings. The van der Waals surface area contributed by atoms with Crippen LogP contribution in [0.3, 0.4) is 0 Å². The SMILES string of the molecule is Cc1ccc(-n2[nH]c(C(=O)NC3c4ccccc4CC3O)cc2=O)cc1. The van der Waals surface area contributed by atoms with Crippen LogP contribution in [-0.4, -0.2) is 26.9 Å². The number of aliphatic hydroxyl groups is 1. The second-order valence-corrected chi connectivity index (χ2v) is 6.60. The standard InChI is InChI=1S/C20H19N3O3/c1-12-6-8-14(9-7-12)23-18(25)11-16(22-23)20(26)21-19-15-5-3-2-4-13(15)10-17(19)24/h2-9,11,17,19,22,24H,10H2,1H3,(H,21,26). The van der Waals surface area contributed by atoms with Gasteiger partial charge in [-0.05, 0) is 30.2 Å².